The lowest BCUT2D eigenvalue weighted by Gasteiger charge is -2.30. The summed E-state index contributed by atoms with van der Waals surface area (Å²) in [5, 5.41) is 3.48. The molecule has 18 heavy (non-hydrogen) atoms. The van der Waals surface area contributed by atoms with E-state index in [1.165, 1.54) is 43.6 Å². The maximum atomic E-state index is 3.48. The van der Waals surface area contributed by atoms with Gasteiger partial charge in [-0.2, -0.15) is 0 Å². The lowest BCUT2D eigenvalue weighted by molar-refractivity contribution is 0.205. The Kier molecular flexibility index (Phi) is 5.21. The molecule has 0 spiro atoms. The summed E-state index contributed by atoms with van der Waals surface area (Å²) in [5.41, 5.74) is 2.92. The predicted octanol–water partition coefficient (Wildman–Crippen LogP) is 3.00. The van der Waals surface area contributed by atoms with Gasteiger partial charge in [-0.3, -0.25) is 4.90 Å². The van der Waals surface area contributed by atoms with Crippen molar-refractivity contribution in [2.75, 3.05) is 26.2 Å². The first-order valence-corrected chi connectivity index (χ1v) is 7.38. The first-order chi connectivity index (χ1) is 8.85. The van der Waals surface area contributed by atoms with Gasteiger partial charge < -0.3 is 5.32 Å². The molecule has 1 aliphatic rings. The normalized spacial score (nSPS) is 19.4. The standard InChI is InChI=1S/C16H26N2/c1-3-14-6-8-15(9-7-14)16(4-2)18-12-5-10-17-11-13-18/h6-9,16-17H,3-5,10-13H2,1-2H3. The molecule has 1 atom stereocenters. The van der Waals surface area contributed by atoms with Crippen LogP contribution in [0.25, 0.3) is 0 Å². The molecule has 2 heteroatoms. The van der Waals surface area contributed by atoms with Crippen LogP contribution in [0.3, 0.4) is 0 Å². The summed E-state index contributed by atoms with van der Waals surface area (Å²) in [6.07, 6.45) is 3.60. The molecular formula is C16H26N2. The smallest absolute Gasteiger partial charge is 0.0346 e. The number of hydrogen-bond acceptors (Lipinski definition) is 2. The molecule has 0 bridgehead atoms. The van der Waals surface area contributed by atoms with Crippen molar-refractivity contribution in [3.8, 4) is 0 Å². The van der Waals surface area contributed by atoms with E-state index in [1.54, 1.807) is 0 Å². The number of hydrogen-bond donors (Lipinski definition) is 1. The number of nitrogens with one attached hydrogen (secondary N) is 1. The van der Waals surface area contributed by atoms with E-state index in [9.17, 15) is 0 Å². The van der Waals surface area contributed by atoms with Crippen molar-refractivity contribution in [3.05, 3.63) is 35.4 Å². The molecule has 2 nitrogen and oxygen atoms in total. The maximum absolute atomic E-state index is 3.48. The van der Waals surface area contributed by atoms with Crippen LogP contribution >= 0.6 is 0 Å². The Morgan fingerprint density at radius 3 is 2.56 bits per heavy atom. The second-order valence-electron chi connectivity index (χ2n) is 5.16. The highest BCUT2D eigenvalue weighted by Crippen LogP contribution is 2.25. The molecule has 0 aromatic heterocycles. The van der Waals surface area contributed by atoms with Crippen molar-refractivity contribution in [2.45, 2.75) is 39.2 Å². The van der Waals surface area contributed by atoms with Gasteiger partial charge in [0.1, 0.15) is 0 Å². The molecular weight excluding hydrogens is 220 g/mol. The Morgan fingerprint density at radius 2 is 1.89 bits per heavy atom. The highest BCUT2D eigenvalue weighted by Gasteiger charge is 2.19. The summed E-state index contributed by atoms with van der Waals surface area (Å²) in [7, 11) is 0. The van der Waals surface area contributed by atoms with Crippen molar-refractivity contribution in [3.63, 3.8) is 0 Å². The van der Waals surface area contributed by atoms with Gasteiger partial charge in [0.25, 0.3) is 0 Å². The van der Waals surface area contributed by atoms with E-state index in [0.717, 1.165) is 13.0 Å². The lowest BCUT2D eigenvalue weighted by Crippen LogP contribution is -2.32. The van der Waals surface area contributed by atoms with Crippen molar-refractivity contribution < 1.29 is 0 Å². The Balaban J connectivity index is 2.10. The SMILES string of the molecule is CCc1ccc(C(CC)N2CCCNCC2)cc1. The van der Waals surface area contributed by atoms with Crippen molar-refractivity contribution in [1.29, 1.82) is 0 Å². The maximum Gasteiger partial charge on any atom is 0.0346 e. The number of rotatable bonds is 4. The Morgan fingerprint density at radius 1 is 1.11 bits per heavy atom. The Bertz CT molecular complexity index is 337. The third-order valence-electron chi connectivity index (χ3n) is 3.97. The van der Waals surface area contributed by atoms with Crippen molar-refractivity contribution in [2.24, 2.45) is 0 Å². The van der Waals surface area contributed by atoms with Crippen LogP contribution in [0.4, 0.5) is 0 Å². The van der Waals surface area contributed by atoms with Gasteiger partial charge in [-0.05, 0) is 36.9 Å². The highest BCUT2D eigenvalue weighted by atomic mass is 15.2. The van der Waals surface area contributed by atoms with Gasteiger partial charge in [-0.15, -0.1) is 0 Å². The van der Waals surface area contributed by atoms with Crippen LogP contribution in [-0.2, 0) is 6.42 Å². The van der Waals surface area contributed by atoms with Crippen LogP contribution in [0.2, 0.25) is 0 Å². The van der Waals surface area contributed by atoms with Gasteiger partial charge in [0.15, 0.2) is 0 Å². The molecule has 0 amide bonds. The van der Waals surface area contributed by atoms with Crippen LogP contribution in [-0.4, -0.2) is 31.1 Å². The second-order valence-corrected chi connectivity index (χ2v) is 5.16. The molecule has 1 heterocycles. The number of nitrogens with zero attached hydrogens (tertiary/aromatic N) is 1. The molecule has 1 aliphatic heterocycles. The van der Waals surface area contributed by atoms with Crippen molar-refractivity contribution in [1.82, 2.24) is 10.2 Å². The van der Waals surface area contributed by atoms with Crippen LogP contribution in [0, 0.1) is 0 Å². The number of aryl methyl sites for hydroxylation is 1. The van der Waals surface area contributed by atoms with E-state index in [-0.39, 0.29) is 0 Å². The Labute approximate surface area is 111 Å². The average Bonchev–Trinajstić information content (AvgIpc) is 2.70. The molecule has 100 valence electrons. The van der Waals surface area contributed by atoms with Crippen LogP contribution < -0.4 is 5.32 Å². The molecule has 0 radical (unpaired) electrons. The topological polar surface area (TPSA) is 15.3 Å². The van der Waals surface area contributed by atoms with Crippen LogP contribution in [0.5, 0.6) is 0 Å². The minimum atomic E-state index is 0.593. The largest absolute Gasteiger partial charge is 0.315 e. The van der Waals surface area contributed by atoms with E-state index in [4.69, 9.17) is 0 Å². The molecule has 1 N–H and O–H groups in total. The fourth-order valence-corrected chi connectivity index (χ4v) is 2.86. The zero-order chi connectivity index (χ0) is 12.8. The third kappa shape index (κ3) is 3.33. The van der Waals surface area contributed by atoms with E-state index in [1.807, 2.05) is 0 Å². The van der Waals surface area contributed by atoms with Crippen LogP contribution in [0.1, 0.15) is 43.9 Å². The second kappa shape index (κ2) is 6.91. The minimum absolute atomic E-state index is 0.593. The first-order valence-electron chi connectivity index (χ1n) is 7.38. The zero-order valence-electron chi connectivity index (χ0n) is 11.8. The van der Waals surface area contributed by atoms with Crippen LogP contribution in [0.15, 0.2) is 24.3 Å². The van der Waals surface area contributed by atoms with Gasteiger partial charge in [0, 0.05) is 25.7 Å². The van der Waals surface area contributed by atoms with E-state index in [0.29, 0.717) is 6.04 Å². The predicted molar refractivity (Wildman–Crippen MR) is 77.9 cm³/mol. The van der Waals surface area contributed by atoms with Gasteiger partial charge >= 0.3 is 0 Å². The van der Waals surface area contributed by atoms with Gasteiger partial charge in [0.2, 0.25) is 0 Å². The summed E-state index contributed by atoms with van der Waals surface area (Å²) >= 11 is 0. The van der Waals surface area contributed by atoms with E-state index >= 15 is 0 Å². The molecule has 0 aliphatic carbocycles. The molecule has 1 aromatic rings. The summed E-state index contributed by atoms with van der Waals surface area (Å²) < 4.78 is 0. The summed E-state index contributed by atoms with van der Waals surface area (Å²) in [5.74, 6) is 0. The summed E-state index contributed by atoms with van der Waals surface area (Å²) in [6, 6.07) is 9.81. The molecule has 1 unspecified atom stereocenters. The first kappa shape index (κ1) is 13.6. The summed E-state index contributed by atoms with van der Waals surface area (Å²) in [4.78, 5) is 2.64. The van der Waals surface area contributed by atoms with Gasteiger partial charge in [-0.1, -0.05) is 38.1 Å². The van der Waals surface area contributed by atoms with Crippen molar-refractivity contribution >= 4 is 0 Å². The zero-order valence-corrected chi connectivity index (χ0v) is 11.8. The minimum Gasteiger partial charge on any atom is -0.315 e. The Hall–Kier alpha value is -0.860. The fourth-order valence-electron chi connectivity index (χ4n) is 2.86. The third-order valence-corrected chi connectivity index (χ3v) is 3.97. The fraction of sp³-hybridized carbons (Fsp3) is 0.625. The molecule has 2 rings (SSSR count). The highest BCUT2D eigenvalue weighted by molar-refractivity contribution is 5.25. The lowest BCUT2D eigenvalue weighted by atomic mass is 10.0. The average molecular weight is 246 g/mol. The van der Waals surface area contributed by atoms with Gasteiger partial charge in [0.05, 0.1) is 0 Å². The quantitative estimate of drug-likeness (QED) is 0.878. The summed E-state index contributed by atoms with van der Waals surface area (Å²) in [6.45, 7) is 9.21. The molecule has 1 saturated heterocycles. The monoisotopic (exact) mass is 246 g/mol. The molecule has 1 fully saturated rings. The van der Waals surface area contributed by atoms with Gasteiger partial charge in [-0.25, -0.2) is 0 Å². The number of benzene rings is 1. The molecule has 1 aromatic carbocycles. The van der Waals surface area contributed by atoms with E-state index in [2.05, 4.69) is 48.3 Å². The molecule has 0 saturated carbocycles. The van der Waals surface area contributed by atoms with E-state index < -0.39 is 0 Å².